The summed E-state index contributed by atoms with van der Waals surface area (Å²) < 4.78 is 5.66. The van der Waals surface area contributed by atoms with Crippen molar-refractivity contribution in [1.29, 1.82) is 0 Å². The zero-order valence-corrected chi connectivity index (χ0v) is 13.8. The van der Waals surface area contributed by atoms with Gasteiger partial charge in [-0.3, -0.25) is 0 Å². The highest BCUT2D eigenvalue weighted by Gasteiger charge is 2.06. The molecule has 0 heterocycles. The maximum absolute atomic E-state index is 5.93. The van der Waals surface area contributed by atoms with Crippen molar-refractivity contribution in [3.8, 4) is 0 Å². The Morgan fingerprint density at radius 3 is 2.55 bits per heavy atom. The molecule has 20 heavy (non-hydrogen) atoms. The number of halogens is 1. The summed E-state index contributed by atoms with van der Waals surface area (Å²) in [5.41, 5.74) is 1.38. The van der Waals surface area contributed by atoms with Crippen molar-refractivity contribution >= 4 is 11.6 Å². The molecule has 0 aromatic heterocycles. The first kappa shape index (κ1) is 17.5. The van der Waals surface area contributed by atoms with Crippen LogP contribution < -0.4 is 5.32 Å². The molecule has 0 saturated heterocycles. The molecule has 1 aromatic carbocycles. The Morgan fingerprint density at radius 2 is 1.85 bits per heavy atom. The zero-order valence-electron chi connectivity index (χ0n) is 13.0. The minimum absolute atomic E-state index is 0.236. The maximum atomic E-state index is 5.93. The minimum atomic E-state index is 0.236. The van der Waals surface area contributed by atoms with Crippen LogP contribution in [0.25, 0.3) is 0 Å². The van der Waals surface area contributed by atoms with E-state index in [4.69, 9.17) is 16.3 Å². The molecule has 0 aliphatic carbocycles. The van der Waals surface area contributed by atoms with E-state index in [9.17, 15) is 0 Å². The lowest BCUT2D eigenvalue weighted by Crippen LogP contribution is -2.36. The first-order valence-corrected chi connectivity index (χ1v) is 7.92. The molecule has 0 amide bonds. The molecule has 0 fully saturated rings. The molecule has 114 valence electrons. The van der Waals surface area contributed by atoms with E-state index in [2.05, 4.69) is 26.1 Å². The molecular weight excluding hydrogens is 270 g/mol. The van der Waals surface area contributed by atoms with Crippen LogP contribution in [0.5, 0.6) is 0 Å². The summed E-state index contributed by atoms with van der Waals surface area (Å²) in [5, 5.41) is 4.28. The van der Waals surface area contributed by atoms with Crippen molar-refractivity contribution in [1.82, 2.24) is 5.32 Å². The van der Waals surface area contributed by atoms with Gasteiger partial charge >= 0.3 is 0 Å². The number of ether oxygens (including phenoxy) is 1. The van der Waals surface area contributed by atoms with Gasteiger partial charge in [-0.15, -0.1) is 0 Å². The van der Waals surface area contributed by atoms with Gasteiger partial charge in [-0.1, -0.05) is 36.6 Å². The summed E-state index contributed by atoms with van der Waals surface area (Å²) in [7, 11) is 0. The van der Waals surface area contributed by atoms with E-state index in [1.54, 1.807) is 0 Å². The fraction of sp³-hybridized carbons (Fsp3) is 0.647. The van der Waals surface area contributed by atoms with Gasteiger partial charge in [-0.2, -0.15) is 0 Å². The highest BCUT2D eigenvalue weighted by molar-refractivity contribution is 6.30. The Labute approximate surface area is 128 Å². The van der Waals surface area contributed by atoms with Crippen LogP contribution in [0.15, 0.2) is 24.3 Å². The van der Waals surface area contributed by atoms with Crippen LogP contribution in [-0.2, 0) is 11.3 Å². The lowest BCUT2D eigenvalue weighted by Gasteiger charge is -2.20. The van der Waals surface area contributed by atoms with E-state index in [1.807, 2.05) is 24.3 Å². The lowest BCUT2D eigenvalue weighted by atomic mass is 10.1. The summed E-state index contributed by atoms with van der Waals surface area (Å²) >= 11 is 5.93. The van der Waals surface area contributed by atoms with Crippen molar-refractivity contribution in [2.75, 3.05) is 13.2 Å². The molecule has 1 rings (SSSR count). The van der Waals surface area contributed by atoms with Gasteiger partial charge in [0.05, 0.1) is 6.61 Å². The Hall–Kier alpha value is -0.570. The molecule has 0 saturated carbocycles. The van der Waals surface area contributed by atoms with Crippen LogP contribution in [0.1, 0.15) is 52.0 Å². The van der Waals surface area contributed by atoms with Crippen molar-refractivity contribution in [2.24, 2.45) is 0 Å². The van der Waals surface area contributed by atoms with Gasteiger partial charge in [-0.05, 0) is 57.9 Å². The number of nitrogens with one attached hydrogen (secondary N) is 1. The van der Waals surface area contributed by atoms with Crippen molar-refractivity contribution < 1.29 is 4.74 Å². The molecule has 0 bridgehead atoms. The Morgan fingerprint density at radius 1 is 1.10 bits per heavy atom. The van der Waals surface area contributed by atoms with E-state index in [-0.39, 0.29) is 5.54 Å². The van der Waals surface area contributed by atoms with Gasteiger partial charge < -0.3 is 10.1 Å². The third-order valence-electron chi connectivity index (χ3n) is 3.03. The first-order valence-electron chi connectivity index (χ1n) is 7.54. The molecule has 2 nitrogen and oxygen atoms in total. The summed E-state index contributed by atoms with van der Waals surface area (Å²) in [4.78, 5) is 0. The normalized spacial score (nSPS) is 11.8. The van der Waals surface area contributed by atoms with E-state index in [0.717, 1.165) is 30.2 Å². The standard InChI is InChI=1S/C17H28ClNO/c1-17(2,3)19-11-6-4-5-7-12-20-14-15-9-8-10-16(18)13-15/h8-10,13,19H,4-7,11-12,14H2,1-3H3. The number of hydrogen-bond donors (Lipinski definition) is 1. The quantitative estimate of drug-likeness (QED) is 0.661. The van der Waals surface area contributed by atoms with Crippen LogP contribution in [0.3, 0.4) is 0 Å². The van der Waals surface area contributed by atoms with E-state index in [0.29, 0.717) is 6.61 Å². The zero-order chi connectivity index (χ0) is 14.8. The molecule has 0 atom stereocenters. The highest BCUT2D eigenvalue weighted by atomic mass is 35.5. The number of rotatable bonds is 9. The Kier molecular flexibility index (Phi) is 8.20. The topological polar surface area (TPSA) is 21.3 Å². The molecule has 0 aliphatic heterocycles. The second kappa shape index (κ2) is 9.38. The van der Waals surface area contributed by atoms with Crippen LogP contribution in [0, 0.1) is 0 Å². The Bertz CT molecular complexity index is 373. The van der Waals surface area contributed by atoms with Crippen molar-refractivity contribution in [3.63, 3.8) is 0 Å². The molecule has 3 heteroatoms. The van der Waals surface area contributed by atoms with Crippen LogP contribution in [0.2, 0.25) is 5.02 Å². The van der Waals surface area contributed by atoms with Gasteiger partial charge in [0.1, 0.15) is 0 Å². The average molecular weight is 298 g/mol. The smallest absolute Gasteiger partial charge is 0.0717 e. The molecule has 0 radical (unpaired) electrons. The Balaban J connectivity index is 1.93. The van der Waals surface area contributed by atoms with Gasteiger partial charge in [0.15, 0.2) is 0 Å². The molecule has 0 unspecified atom stereocenters. The van der Waals surface area contributed by atoms with E-state index < -0.39 is 0 Å². The SMILES string of the molecule is CC(C)(C)NCCCCCCOCc1cccc(Cl)c1. The van der Waals surface area contributed by atoms with Gasteiger partial charge in [0.25, 0.3) is 0 Å². The third-order valence-corrected chi connectivity index (χ3v) is 3.26. The maximum Gasteiger partial charge on any atom is 0.0717 e. The van der Waals surface area contributed by atoms with Crippen LogP contribution in [-0.4, -0.2) is 18.7 Å². The number of hydrogen-bond acceptors (Lipinski definition) is 2. The summed E-state index contributed by atoms with van der Waals surface area (Å²) in [6.07, 6.45) is 4.88. The molecule has 1 N–H and O–H groups in total. The lowest BCUT2D eigenvalue weighted by molar-refractivity contribution is 0.116. The second-order valence-electron chi connectivity index (χ2n) is 6.27. The molecular formula is C17H28ClNO. The fourth-order valence-corrected chi connectivity index (χ4v) is 2.18. The summed E-state index contributed by atoms with van der Waals surface area (Å²) in [6.45, 7) is 9.21. The third kappa shape index (κ3) is 9.35. The number of unbranched alkanes of at least 4 members (excludes halogenated alkanes) is 3. The van der Waals surface area contributed by atoms with Gasteiger partial charge in [0, 0.05) is 17.2 Å². The summed E-state index contributed by atoms with van der Waals surface area (Å²) in [6, 6.07) is 7.85. The van der Waals surface area contributed by atoms with Crippen molar-refractivity contribution in [3.05, 3.63) is 34.9 Å². The molecule has 0 spiro atoms. The highest BCUT2D eigenvalue weighted by Crippen LogP contribution is 2.11. The predicted molar refractivity (Wildman–Crippen MR) is 87.3 cm³/mol. The van der Waals surface area contributed by atoms with Crippen LogP contribution >= 0.6 is 11.6 Å². The second-order valence-corrected chi connectivity index (χ2v) is 6.71. The monoisotopic (exact) mass is 297 g/mol. The van der Waals surface area contributed by atoms with Crippen LogP contribution in [0.4, 0.5) is 0 Å². The largest absolute Gasteiger partial charge is 0.377 e. The van der Waals surface area contributed by atoms with E-state index in [1.165, 1.54) is 19.3 Å². The van der Waals surface area contributed by atoms with Gasteiger partial charge in [0.2, 0.25) is 0 Å². The predicted octanol–water partition coefficient (Wildman–Crippen LogP) is 4.81. The number of benzene rings is 1. The fourth-order valence-electron chi connectivity index (χ4n) is 1.96. The van der Waals surface area contributed by atoms with E-state index >= 15 is 0 Å². The average Bonchev–Trinajstić information content (AvgIpc) is 2.35. The minimum Gasteiger partial charge on any atom is -0.377 e. The molecule has 1 aromatic rings. The summed E-state index contributed by atoms with van der Waals surface area (Å²) in [5.74, 6) is 0. The molecule has 0 aliphatic rings. The first-order chi connectivity index (χ1) is 9.47. The van der Waals surface area contributed by atoms with Gasteiger partial charge in [-0.25, -0.2) is 0 Å². The van der Waals surface area contributed by atoms with Crippen molar-refractivity contribution in [2.45, 2.75) is 58.6 Å².